The van der Waals surface area contributed by atoms with Crippen LogP contribution in [0.15, 0.2) is 121 Å². The molecule has 2 nitrogen and oxygen atoms in total. The van der Waals surface area contributed by atoms with Crippen molar-refractivity contribution in [1.29, 1.82) is 0 Å². The Balaban J connectivity index is 0.000000537. The van der Waals surface area contributed by atoms with Gasteiger partial charge in [0.2, 0.25) is 0 Å². The van der Waals surface area contributed by atoms with Crippen LogP contribution in [0.5, 0.6) is 0 Å². The molecule has 42 heavy (non-hydrogen) atoms. The molecule has 0 atom stereocenters. The van der Waals surface area contributed by atoms with Crippen LogP contribution in [-0.4, -0.2) is 0 Å². The van der Waals surface area contributed by atoms with Crippen molar-refractivity contribution in [1.82, 2.24) is 0 Å². The molecule has 0 amide bonds. The Morgan fingerprint density at radius 3 is 0.595 bits per heavy atom. The van der Waals surface area contributed by atoms with E-state index in [9.17, 15) is 0 Å². The largest absolute Gasteiger partial charge is 0.0622 e. The summed E-state index contributed by atoms with van der Waals surface area (Å²) in [5, 5.41) is 5.59. The van der Waals surface area contributed by atoms with E-state index in [-0.39, 0.29) is 0 Å². The quantitative estimate of drug-likeness (QED) is 0.0978. The average Bonchev–Trinajstić information content (AvgIpc) is 3.87. The summed E-state index contributed by atoms with van der Waals surface area (Å²) in [4.78, 5) is 0. The van der Waals surface area contributed by atoms with Crippen LogP contribution < -0.4 is 21.2 Å². The Morgan fingerprint density at radius 1 is 0.310 bits per heavy atom. The van der Waals surface area contributed by atoms with Gasteiger partial charge in [0.15, 0.2) is 0 Å². The Morgan fingerprint density at radius 2 is 0.452 bits per heavy atom. The third kappa shape index (κ3) is 23.1. The van der Waals surface area contributed by atoms with Crippen LogP contribution in [0.3, 0.4) is 0 Å². The van der Waals surface area contributed by atoms with E-state index in [1.807, 2.05) is 96.7 Å². The first-order chi connectivity index (χ1) is 20.9. The average molecular weight is 750 g/mol. The Labute approximate surface area is 277 Å². The molecule has 4 aromatic rings. The van der Waals surface area contributed by atoms with Gasteiger partial charge in [-0.15, -0.1) is 0 Å². The van der Waals surface area contributed by atoms with E-state index in [1.54, 1.807) is 0 Å². The number of hydrogen-bond donors (Lipinski definition) is 0. The molecule has 2 aliphatic carbocycles. The van der Waals surface area contributed by atoms with Gasteiger partial charge in [0.05, 0.1) is 0 Å². The maximum atomic E-state index is 7.50. The Kier molecular flexibility index (Phi) is 31.4. The summed E-state index contributed by atoms with van der Waals surface area (Å²) in [5.74, 6) is 0. The smallest absolute Gasteiger partial charge is 0.0226 e. The summed E-state index contributed by atoms with van der Waals surface area (Å²) in [7, 11) is 1.55. The summed E-state index contributed by atoms with van der Waals surface area (Å²) in [5.41, 5.74) is 0. The van der Waals surface area contributed by atoms with Gasteiger partial charge in [-0.1, -0.05) is 138 Å². The minimum absolute atomic E-state index is 0.777. The van der Waals surface area contributed by atoms with E-state index in [0.29, 0.717) is 0 Å². The van der Waals surface area contributed by atoms with Gasteiger partial charge in [0.1, 0.15) is 0 Å². The number of rotatable bonds is 4. The second kappa shape index (κ2) is 32.5. The minimum Gasteiger partial charge on any atom is -0.0622 e. The van der Waals surface area contributed by atoms with Crippen LogP contribution in [0.4, 0.5) is 0 Å². The minimum atomic E-state index is 0.777. The van der Waals surface area contributed by atoms with Crippen molar-refractivity contribution in [3.8, 4) is 0 Å². The molecule has 0 aliphatic heterocycles. The number of benzene rings is 4. The van der Waals surface area contributed by atoms with Gasteiger partial charge >= 0.3 is 55.0 Å². The molecule has 6 rings (SSSR count). The predicted molar refractivity (Wildman–Crippen MR) is 172 cm³/mol. The summed E-state index contributed by atoms with van der Waals surface area (Å²) in [6.45, 7) is 9.00. The van der Waals surface area contributed by atoms with E-state index in [0.717, 1.165) is 17.2 Å². The van der Waals surface area contributed by atoms with Crippen LogP contribution >= 0.6 is 17.2 Å². The molecule has 2 fully saturated rings. The maximum absolute atomic E-state index is 7.50. The van der Waals surface area contributed by atoms with E-state index in [2.05, 4.69) is 135 Å². The van der Waals surface area contributed by atoms with E-state index in [1.165, 1.54) is 21.2 Å². The van der Waals surface area contributed by atoms with Crippen molar-refractivity contribution in [2.75, 3.05) is 0 Å². The van der Waals surface area contributed by atoms with Crippen molar-refractivity contribution < 1.29 is 41.7 Å². The summed E-state index contributed by atoms with van der Waals surface area (Å²) >= 11 is 3.92. The molecule has 0 spiro atoms. The van der Waals surface area contributed by atoms with Crippen molar-refractivity contribution in [2.45, 2.75) is 0 Å². The van der Waals surface area contributed by atoms with E-state index < -0.39 is 0 Å². The third-order valence-electron chi connectivity index (χ3n) is 4.78. The normalized spacial score (nSPS) is 12.0. The summed E-state index contributed by atoms with van der Waals surface area (Å²) < 4.78 is 15.0. The molecule has 0 saturated heterocycles. The Bertz CT molecular complexity index is 951. The Hall–Kier alpha value is -1.40. The second-order valence-electron chi connectivity index (χ2n) is 7.64. The van der Waals surface area contributed by atoms with Gasteiger partial charge < -0.3 is 0 Å². The van der Waals surface area contributed by atoms with Crippen LogP contribution in [-0.2, 0) is 41.7 Å². The molecule has 2 aliphatic rings. The first-order valence-corrected chi connectivity index (χ1v) is 20.2. The van der Waals surface area contributed by atoms with Gasteiger partial charge in [-0.3, -0.25) is 0 Å². The van der Waals surface area contributed by atoms with Crippen LogP contribution in [0, 0.1) is 77.5 Å². The molecule has 10 radical (unpaired) electrons. The molecule has 210 valence electrons. The van der Waals surface area contributed by atoms with Gasteiger partial charge in [0, 0.05) is 0 Å². The molecular weight excluding hydrogens is 718 g/mol. The molecule has 6 heteroatoms. The summed E-state index contributed by atoms with van der Waals surface area (Å²) in [6.07, 6.45) is 20.0. The molecule has 2 saturated carbocycles. The zero-order valence-electron chi connectivity index (χ0n) is 23.0. The van der Waals surface area contributed by atoms with Gasteiger partial charge in [-0.2, -0.15) is 0 Å². The molecule has 0 heterocycles. The summed E-state index contributed by atoms with van der Waals surface area (Å²) in [6, 6.07) is 42.3. The molecule has 0 aromatic heterocycles. The van der Waals surface area contributed by atoms with Gasteiger partial charge in [-0.05, 0) is 85.4 Å². The van der Waals surface area contributed by atoms with Crippen LogP contribution in [0.25, 0.3) is 0 Å². The number of hydrogen-bond acceptors (Lipinski definition) is 0. The SMILES string of the molecule is [C-]#[O+].[C-]#[O+].[CH]1[CH][CH][CH][CH]1.[CH]1[CH][CH][CH][CH]1.[Mo]=[Mo].c1ccc(Pc2ccccc2)cc1.c1ccc(Pc2ccccc2)cc1. The van der Waals surface area contributed by atoms with E-state index >= 15 is 0 Å². The molecule has 0 bridgehead atoms. The monoisotopic (exact) mass is 754 g/mol. The van der Waals surface area contributed by atoms with Crippen LogP contribution in [0.1, 0.15) is 0 Å². The van der Waals surface area contributed by atoms with Crippen LogP contribution in [0.2, 0.25) is 0 Å². The zero-order chi connectivity index (χ0) is 30.9. The zero-order valence-corrected chi connectivity index (χ0v) is 29.0. The fraction of sp³-hybridized carbons (Fsp3) is 0. The first kappa shape index (κ1) is 40.6. The fourth-order valence-corrected chi connectivity index (χ4v) is 5.16. The fourth-order valence-electron chi connectivity index (χ4n) is 3.06. The molecule has 0 unspecified atom stereocenters. The van der Waals surface area contributed by atoms with Gasteiger partial charge in [0.25, 0.3) is 0 Å². The molecule has 0 N–H and O–H groups in total. The second-order valence-corrected chi connectivity index (χ2v) is 10.4. The first-order valence-electron chi connectivity index (χ1n) is 12.6. The maximum Gasteiger partial charge on any atom is -0.0226 e. The van der Waals surface area contributed by atoms with Crippen molar-refractivity contribution in [3.63, 3.8) is 0 Å². The van der Waals surface area contributed by atoms with Crippen molar-refractivity contribution >= 4 is 38.4 Å². The molecular formula is C36H32Mo2O2P2. The van der Waals surface area contributed by atoms with Gasteiger partial charge in [-0.25, -0.2) is 0 Å². The topological polar surface area (TPSA) is 39.8 Å². The standard InChI is InChI=1S/2C12H11P.2C5H5.2CO.2Mo/c2*1-3-7-11(8-4-1)13-12-9-5-2-6-10-12;2*1-2-4-5-3-1;2*1-2;;/h2*1-10,13H;2*1-5H;;;;. The predicted octanol–water partition coefficient (Wildman–Crippen LogP) is 6.59. The van der Waals surface area contributed by atoms with Crippen molar-refractivity contribution in [2.24, 2.45) is 0 Å². The van der Waals surface area contributed by atoms with E-state index in [4.69, 9.17) is 9.30 Å². The van der Waals surface area contributed by atoms with Crippen molar-refractivity contribution in [3.05, 3.63) is 199 Å². The third-order valence-corrected chi connectivity index (χ3v) is 7.27. The molecule has 4 aromatic carbocycles.